The SMILES string of the molecule is O=c1ccc(-c2noc(Cc3ccccc3OC3CCOC3)n2)c[nH]1. The number of benzene rings is 1. The van der Waals surface area contributed by atoms with Gasteiger partial charge in [-0.05, 0) is 12.1 Å². The molecule has 3 aromatic rings. The Hall–Kier alpha value is -2.93. The van der Waals surface area contributed by atoms with E-state index in [2.05, 4.69) is 15.1 Å². The number of aromatic amines is 1. The van der Waals surface area contributed by atoms with Crippen molar-refractivity contribution in [1.82, 2.24) is 15.1 Å². The number of H-pyrrole nitrogens is 1. The van der Waals surface area contributed by atoms with Crippen molar-refractivity contribution >= 4 is 0 Å². The quantitative estimate of drug-likeness (QED) is 0.766. The number of ether oxygens (including phenoxy) is 2. The first kappa shape index (κ1) is 15.6. The molecule has 2 aromatic heterocycles. The first-order valence-electron chi connectivity index (χ1n) is 8.12. The first-order chi connectivity index (χ1) is 12.3. The summed E-state index contributed by atoms with van der Waals surface area (Å²) in [5.41, 5.74) is 1.50. The van der Waals surface area contributed by atoms with Crippen LogP contribution >= 0.6 is 0 Å². The maximum Gasteiger partial charge on any atom is 0.247 e. The fourth-order valence-corrected chi connectivity index (χ4v) is 2.71. The molecule has 1 aromatic carbocycles. The lowest BCUT2D eigenvalue weighted by Crippen LogP contribution is -2.16. The summed E-state index contributed by atoms with van der Waals surface area (Å²) in [6.45, 7) is 1.35. The number of nitrogens with one attached hydrogen (secondary N) is 1. The summed E-state index contributed by atoms with van der Waals surface area (Å²) < 4.78 is 16.7. The number of nitrogens with zero attached hydrogens (tertiary/aromatic N) is 2. The van der Waals surface area contributed by atoms with Crippen LogP contribution in [0.25, 0.3) is 11.4 Å². The van der Waals surface area contributed by atoms with Crippen LogP contribution in [0.15, 0.2) is 51.9 Å². The largest absolute Gasteiger partial charge is 0.488 e. The highest BCUT2D eigenvalue weighted by atomic mass is 16.5. The molecule has 0 amide bonds. The third-order valence-corrected chi connectivity index (χ3v) is 4.01. The van der Waals surface area contributed by atoms with Crippen molar-refractivity contribution in [3.63, 3.8) is 0 Å². The molecule has 1 unspecified atom stereocenters. The van der Waals surface area contributed by atoms with Crippen LogP contribution in [0.2, 0.25) is 0 Å². The Morgan fingerprint density at radius 2 is 2.16 bits per heavy atom. The molecular weight excluding hydrogens is 322 g/mol. The summed E-state index contributed by atoms with van der Waals surface area (Å²) >= 11 is 0. The third-order valence-electron chi connectivity index (χ3n) is 4.01. The Bertz CT molecular complexity index is 892. The zero-order valence-electron chi connectivity index (χ0n) is 13.5. The van der Waals surface area contributed by atoms with Crippen molar-refractivity contribution in [1.29, 1.82) is 0 Å². The van der Waals surface area contributed by atoms with E-state index in [-0.39, 0.29) is 11.7 Å². The molecule has 7 heteroatoms. The summed E-state index contributed by atoms with van der Waals surface area (Å²) in [5.74, 6) is 1.73. The fourth-order valence-electron chi connectivity index (χ4n) is 2.71. The third kappa shape index (κ3) is 3.61. The van der Waals surface area contributed by atoms with Crippen LogP contribution in [0.5, 0.6) is 5.75 Å². The van der Waals surface area contributed by atoms with E-state index >= 15 is 0 Å². The summed E-state index contributed by atoms with van der Waals surface area (Å²) in [7, 11) is 0. The summed E-state index contributed by atoms with van der Waals surface area (Å²) in [6.07, 6.45) is 3.01. The van der Waals surface area contributed by atoms with Crippen LogP contribution in [0.1, 0.15) is 17.9 Å². The van der Waals surface area contributed by atoms with E-state index in [9.17, 15) is 4.79 Å². The van der Waals surface area contributed by atoms with Crippen molar-refractivity contribution in [3.8, 4) is 17.1 Å². The topological polar surface area (TPSA) is 90.2 Å². The number of para-hydroxylation sites is 1. The van der Waals surface area contributed by atoms with Gasteiger partial charge in [-0.15, -0.1) is 0 Å². The van der Waals surface area contributed by atoms with E-state index in [1.165, 1.54) is 6.07 Å². The minimum atomic E-state index is -0.172. The van der Waals surface area contributed by atoms with Gasteiger partial charge >= 0.3 is 0 Å². The average molecular weight is 339 g/mol. The Labute approximate surface area is 143 Å². The molecular formula is C18H17N3O4. The van der Waals surface area contributed by atoms with Gasteiger partial charge in [-0.2, -0.15) is 4.98 Å². The standard InChI is InChI=1S/C18H17N3O4/c22-16-6-5-13(10-19-16)18-20-17(25-21-18)9-12-3-1-2-4-15(12)24-14-7-8-23-11-14/h1-6,10,14H,7-9,11H2,(H,19,22). The molecule has 4 rings (SSSR count). The zero-order chi connectivity index (χ0) is 17.1. The molecule has 1 aliphatic rings. The molecule has 25 heavy (non-hydrogen) atoms. The van der Waals surface area contributed by atoms with Crippen molar-refractivity contribution in [3.05, 3.63) is 64.4 Å². The second-order valence-corrected chi connectivity index (χ2v) is 5.84. The Kier molecular flexibility index (Phi) is 4.30. The van der Waals surface area contributed by atoms with Gasteiger partial charge in [0.25, 0.3) is 0 Å². The van der Waals surface area contributed by atoms with Crippen LogP contribution in [0, 0.1) is 0 Å². The van der Waals surface area contributed by atoms with Gasteiger partial charge in [0.15, 0.2) is 0 Å². The number of hydrogen-bond acceptors (Lipinski definition) is 6. The lowest BCUT2D eigenvalue weighted by atomic mass is 10.1. The van der Waals surface area contributed by atoms with Gasteiger partial charge in [-0.1, -0.05) is 23.4 Å². The van der Waals surface area contributed by atoms with Crippen LogP contribution in [0.4, 0.5) is 0 Å². The molecule has 1 saturated heterocycles. The van der Waals surface area contributed by atoms with Gasteiger partial charge < -0.3 is 19.0 Å². The molecule has 1 fully saturated rings. The highest BCUT2D eigenvalue weighted by Crippen LogP contribution is 2.24. The van der Waals surface area contributed by atoms with Crippen LogP contribution in [-0.4, -0.2) is 34.4 Å². The second kappa shape index (κ2) is 6.90. The number of rotatable bonds is 5. The highest BCUT2D eigenvalue weighted by molar-refractivity contribution is 5.52. The minimum Gasteiger partial charge on any atom is -0.488 e. The van der Waals surface area contributed by atoms with Crippen LogP contribution in [0.3, 0.4) is 0 Å². The van der Waals surface area contributed by atoms with E-state index in [4.69, 9.17) is 14.0 Å². The summed E-state index contributed by atoms with van der Waals surface area (Å²) in [5, 5.41) is 3.98. The zero-order valence-corrected chi connectivity index (χ0v) is 13.5. The number of aromatic nitrogens is 3. The maximum atomic E-state index is 11.1. The van der Waals surface area contributed by atoms with E-state index in [1.54, 1.807) is 12.3 Å². The predicted octanol–water partition coefficient (Wildman–Crippen LogP) is 2.18. The molecule has 3 heterocycles. The molecule has 1 atom stereocenters. The van der Waals surface area contributed by atoms with Gasteiger partial charge in [0.05, 0.1) is 19.6 Å². The molecule has 128 valence electrons. The van der Waals surface area contributed by atoms with E-state index in [0.717, 1.165) is 24.3 Å². The van der Waals surface area contributed by atoms with Crippen LogP contribution < -0.4 is 10.3 Å². The van der Waals surface area contributed by atoms with Crippen molar-refractivity contribution < 1.29 is 14.0 Å². The van der Waals surface area contributed by atoms with E-state index in [1.807, 2.05) is 24.3 Å². The predicted molar refractivity (Wildman–Crippen MR) is 89.5 cm³/mol. The Balaban J connectivity index is 1.52. The Morgan fingerprint density at radius 3 is 2.96 bits per heavy atom. The van der Waals surface area contributed by atoms with E-state index in [0.29, 0.717) is 30.3 Å². The number of pyridine rings is 1. The van der Waals surface area contributed by atoms with E-state index < -0.39 is 0 Å². The fraction of sp³-hybridized carbons (Fsp3) is 0.278. The Morgan fingerprint density at radius 1 is 1.24 bits per heavy atom. The average Bonchev–Trinajstić information content (AvgIpc) is 3.29. The lowest BCUT2D eigenvalue weighted by molar-refractivity contribution is 0.140. The maximum absolute atomic E-state index is 11.1. The molecule has 7 nitrogen and oxygen atoms in total. The molecule has 0 radical (unpaired) electrons. The molecule has 1 aliphatic heterocycles. The van der Waals surface area contributed by atoms with Gasteiger partial charge in [0.1, 0.15) is 11.9 Å². The summed E-state index contributed by atoms with van der Waals surface area (Å²) in [6, 6.07) is 10.9. The van der Waals surface area contributed by atoms with Crippen molar-refractivity contribution in [2.75, 3.05) is 13.2 Å². The number of hydrogen-bond donors (Lipinski definition) is 1. The summed E-state index contributed by atoms with van der Waals surface area (Å²) in [4.78, 5) is 18.1. The van der Waals surface area contributed by atoms with Crippen LogP contribution in [-0.2, 0) is 11.2 Å². The van der Waals surface area contributed by atoms with Crippen molar-refractivity contribution in [2.24, 2.45) is 0 Å². The molecule has 0 saturated carbocycles. The molecule has 0 spiro atoms. The molecule has 1 N–H and O–H groups in total. The second-order valence-electron chi connectivity index (χ2n) is 5.84. The normalized spacial score (nSPS) is 16.9. The smallest absolute Gasteiger partial charge is 0.247 e. The van der Waals surface area contributed by atoms with Gasteiger partial charge in [-0.3, -0.25) is 4.79 Å². The molecule has 0 aliphatic carbocycles. The van der Waals surface area contributed by atoms with Gasteiger partial charge in [0, 0.05) is 29.8 Å². The van der Waals surface area contributed by atoms with Gasteiger partial charge in [0.2, 0.25) is 17.3 Å². The van der Waals surface area contributed by atoms with Crippen molar-refractivity contribution in [2.45, 2.75) is 18.9 Å². The minimum absolute atomic E-state index is 0.0838. The lowest BCUT2D eigenvalue weighted by Gasteiger charge is -2.14. The van der Waals surface area contributed by atoms with Gasteiger partial charge in [-0.25, -0.2) is 0 Å². The monoisotopic (exact) mass is 339 g/mol. The first-order valence-corrected chi connectivity index (χ1v) is 8.12. The molecule has 0 bridgehead atoms. The highest BCUT2D eigenvalue weighted by Gasteiger charge is 2.19.